The molecule has 2 aromatic carbocycles. The summed E-state index contributed by atoms with van der Waals surface area (Å²) in [7, 11) is -3.38. The van der Waals surface area contributed by atoms with Gasteiger partial charge in [0.25, 0.3) is 5.91 Å². The van der Waals surface area contributed by atoms with E-state index in [4.69, 9.17) is 11.6 Å². The average Bonchev–Trinajstić information content (AvgIpc) is 2.61. The lowest BCUT2D eigenvalue weighted by Gasteiger charge is -2.29. The molecule has 0 spiro atoms. The highest BCUT2D eigenvalue weighted by atomic mass is 35.5. The number of benzene rings is 2. The molecule has 0 unspecified atom stereocenters. The molecular formula is C19H21ClN2O3S. The van der Waals surface area contributed by atoms with Crippen LogP contribution in [-0.4, -0.2) is 26.6 Å². The van der Waals surface area contributed by atoms with Crippen molar-refractivity contribution < 1.29 is 13.2 Å². The second kappa shape index (κ2) is 7.68. The lowest BCUT2D eigenvalue weighted by molar-refractivity contribution is 0.0951. The number of nitrogens with one attached hydrogen (secondary N) is 1. The Hall–Kier alpha value is -2.05. The summed E-state index contributed by atoms with van der Waals surface area (Å²) in [5, 5.41) is 3.18. The van der Waals surface area contributed by atoms with Gasteiger partial charge in [0.05, 0.1) is 16.5 Å². The molecule has 1 fully saturated rings. The van der Waals surface area contributed by atoms with Crippen molar-refractivity contribution in [3.05, 3.63) is 64.2 Å². The number of carbonyl (C=O) groups excluding carboxylic acids is 1. The minimum atomic E-state index is -3.38. The van der Waals surface area contributed by atoms with E-state index in [9.17, 15) is 13.2 Å². The number of sulfonamides is 1. The molecule has 0 aromatic heterocycles. The van der Waals surface area contributed by atoms with Crippen molar-refractivity contribution >= 4 is 33.2 Å². The average molecular weight is 393 g/mol. The molecular weight excluding hydrogens is 372 g/mol. The molecule has 1 aliphatic rings. The SMILES string of the molecule is Cc1ccc(CNC(=O)c2ccc(Cl)c(N3CCCCS3(=O)=O)c2)cc1. The molecule has 1 heterocycles. The molecule has 26 heavy (non-hydrogen) atoms. The minimum Gasteiger partial charge on any atom is -0.348 e. The number of amides is 1. The van der Waals surface area contributed by atoms with Gasteiger partial charge < -0.3 is 5.32 Å². The van der Waals surface area contributed by atoms with E-state index in [1.807, 2.05) is 31.2 Å². The van der Waals surface area contributed by atoms with Crippen molar-refractivity contribution in [1.29, 1.82) is 0 Å². The molecule has 138 valence electrons. The summed E-state index contributed by atoms with van der Waals surface area (Å²) in [6.45, 7) is 2.79. The predicted octanol–water partition coefficient (Wildman–Crippen LogP) is 3.51. The molecule has 5 nitrogen and oxygen atoms in total. The van der Waals surface area contributed by atoms with E-state index >= 15 is 0 Å². The van der Waals surface area contributed by atoms with Crippen molar-refractivity contribution in [2.24, 2.45) is 0 Å². The molecule has 3 rings (SSSR count). The fourth-order valence-corrected chi connectivity index (χ4v) is 4.81. The molecule has 0 aliphatic carbocycles. The molecule has 0 radical (unpaired) electrons. The first-order valence-electron chi connectivity index (χ1n) is 8.50. The Kier molecular flexibility index (Phi) is 5.53. The van der Waals surface area contributed by atoms with Crippen LogP contribution in [0.5, 0.6) is 0 Å². The van der Waals surface area contributed by atoms with Crippen molar-refractivity contribution in [2.45, 2.75) is 26.3 Å². The van der Waals surface area contributed by atoms with Gasteiger partial charge >= 0.3 is 0 Å². The lowest BCUT2D eigenvalue weighted by Crippen LogP contribution is -2.38. The molecule has 7 heteroatoms. The minimum absolute atomic E-state index is 0.104. The molecule has 1 N–H and O–H groups in total. The second-order valence-electron chi connectivity index (χ2n) is 6.43. The molecule has 0 bridgehead atoms. The Balaban J connectivity index is 1.78. The Morgan fingerprint density at radius 3 is 2.58 bits per heavy atom. The maximum Gasteiger partial charge on any atom is 0.251 e. The first-order valence-corrected chi connectivity index (χ1v) is 10.5. The van der Waals surface area contributed by atoms with Crippen molar-refractivity contribution in [1.82, 2.24) is 5.32 Å². The number of aryl methyl sites for hydroxylation is 1. The van der Waals surface area contributed by atoms with Crippen LogP contribution < -0.4 is 9.62 Å². The molecule has 0 saturated carbocycles. The zero-order valence-corrected chi connectivity index (χ0v) is 16.1. The third-order valence-corrected chi connectivity index (χ3v) is 6.57. The predicted molar refractivity (Wildman–Crippen MR) is 104 cm³/mol. The highest BCUT2D eigenvalue weighted by Gasteiger charge is 2.28. The third kappa shape index (κ3) is 4.19. The van der Waals surface area contributed by atoms with Crippen molar-refractivity contribution in [3.8, 4) is 0 Å². The summed E-state index contributed by atoms with van der Waals surface area (Å²) < 4.78 is 26.0. The summed E-state index contributed by atoms with van der Waals surface area (Å²) in [4.78, 5) is 12.5. The van der Waals surface area contributed by atoms with E-state index in [0.29, 0.717) is 35.8 Å². The second-order valence-corrected chi connectivity index (χ2v) is 8.85. The van der Waals surface area contributed by atoms with Crippen LogP contribution >= 0.6 is 11.6 Å². The Morgan fingerprint density at radius 2 is 1.88 bits per heavy atom. The Labute approximate surface area is 159 Å². The summed E-state index contributed by atoms with van der Waals surface area (Å²) in [6, 6.07) is 12.6. The normalized spacial score (nSPS) is 16.3. The maximum absolute atomic E-state index is 12.5. The van der Waals surface area contributed by atoms with E-state index in [1.165, 1.54) is 4.31 Å². The lowest BCUT2D eigenvalue weighted by atomic mass is 10.1. The first kappa shape index (κ1) is 18.7. The smallest absolute Gasteiger partial charge is 0.251 e. The van der Waals surface area contributed by atoms with Crippen LogP contribution in [0.1, 0.15) is 34.3 Å². The van der Waals surface area contributed by atoms with Crippen LogP contribution in [0.25, 0.3) is 0 Å². The topological polar surface area (TPSA) is 66.5 Å². The number of halogens is 1. The number of nitrogens with zero attached hydrogens (tertiary/aromatic N) is 1. The van der Waals surface area contributed by atoms with Gasteiger partial charge in [0.1, 0.15) is 0 Å². The van der Waals surface area contributed by atoms with Gasteiger partial charge in [-0.25, -0.2) is 8.42 Å². The van der Waals surface area contributed by atoms with Gasteiger partial charge in [-0.3, -0.25) is 9.10 Å². The number of rotatable bonds is 4. The quantitative estimate of drug-likeness (QED) is 0.865. The first-order chi connectivity index (χ1) is 12.4. The van der Waals surface area contributed by atoms with Crippen molar-refractivity contribution in [3.63, 3.8) is 0 Å². The van der Waals surface area contributed by atoms with Crippen LogP contribution in [0.3, 0.4) is 0 Å². The zero-order chi connectivity index (χ0) is 18.7. The number of hydrogen-bond donors (Lipinski definition) is 1. The van der Waals surface area contributed by atoms with Crippen LogP contribution in [0.4, 0.5) is 5.69 Å². The van der Waals surface area contributed by atoms with Crippen LogP contribution in [0.15, 0.2) is 42.5 Å². The van der Waals surface area contributed by atoms with Gasteiger partial charge in [0.15, 0.2) is 0 Å². The highest BCUT2D eigenvalue weighted by Crippen LogP contribution is 2.31. The van der Waals surface area contributed by atoms with E-state index < -0.39 is 10.0 Å². The zero-order valence-electron chi connectivity index (χ0n) is 14.5. The number of hydrogen-bond acceptors (Lipinski definition) is 3. The summed E-state index contributed by atoms with van der Waals surface area (Å²) in [5.74, 6) is -0.161. The van der Waals surface area contributed by atoms with Gasteiger partial charge in [0.2, 0.25) is 10.0 Å². The standard InChI is InChI=1S/C19H21ClN2O3S/c1-14-4-6-15(7-5-14)13-21-19(23)16-8-9-17(20)18(12-16)22-10-2-3-11-26(22,24)25/h4-9,12H,2-3,10-11,13H2,1H3,(H,21,23). The summed E-state index contributed by atoms with van der Waals surface area (Å²) >= 11 is 6.21. The van der Waals surface area contributed by atoms with Gasteiger partial charge in [-0.05, 0) is 43.5 Å². The third-order valence-electron chi connectivity index (χ3n) is 4.40. The molecule has 1 amide bonds. The molecule has 1 aliphatic heterocycles. The monoisotopic (exact) mass is 392 g/mol. The van der Waals surface area contributed by atoms with E-state index in [1.54, 1.807) is 18.2 Å². The molecule has 2 aromatic rings. The number of anilines is 1. The van der Waals surface area contributed by atoms with Crippen LogP contribution in [0.2, 0.25) is 5.02 Å². The molecule has 0 atom stereocenters. The van der Waals surface area contributed by atoms with E-state index in [0.717, 1.165) is 17.5 Å². The van der Waals surface area contributed by atoms with E-state index in [2.05, 4.69) is 5.32 Å². The van der Waals surface area contributed by atoms with Crippen molar-refractivity contribution in [2.75, 3.05) is 16.6 Å². The Bertz CT molecular complexity index is 911. The van der Waals surface area contributed by atoms with Gasteiger partial charge in [-0.1, -0.05) is 41.4 Å². The summed E-state index contributed by atoms with van der Waals surface area (Å²) in [5.41, 5.74) is 2.91. The number of carbonyl (C=O) groups is 1. The van der Waals surface area contributed by atoms with Crippen LogP contribution in [-0.2, 0) is 16.6 Å². The largest absolute Gasteiger partial charge is 0.348 e. The maximum atomic E-state index is 12.5. The Morgan fingerprint density at radius 1 is 1.15 bits per heavy atom. The van der Waals surface area contributed by atoms with Gasteiger partial charge in [-0.2, -0.15) is 0 Å². The van der Waals surface area contributed by atoms with E-state index in [-0.39, 0.29) is 11.7 Å². The fraction of sp³-hybridized carbons (Fsp3) is 0.316. The van der Waals surface area contributed by atoms with Gasteiger partial charge in [0, 0.05) is 18.7 Å². The highest BCUT2D eigenvalue weighted by molar-refractivity contribution is 7.92. The summed E-state index contributed by atoms with van der Waals surface area (Å²) in [6.07, 6.45) is 1.42. The molecule has 1 saturated heterocycles. The van der Waals surface area contributed by atoms with Gasteiger partial charge in [-0.15, -0.1) is 0 Å². The van der Waals surface area contributed by atoms with Crippen LogP contribution in [0, 0.1) is 6.92 Å². The fourth-order valence-electron chi connectivity index (χ4n) is 2.89.